The standard InChI is InChI=1S/C16H17ClN2O3/c1-16(2,13-8-9-19(21)14(17)10-13)18-15(20)22-11-12-6-4-3-5-7-12/h3-10H,11H2,1-2H3,(H,18,20). The summed E-state index contributed by atoms with van der Waals surface area (Å²) in [5.74, 6) is 0. The molecular formula is C16H17ClN2O3. The molecule has 2 aromatic rings. The highest BCUT2D eigenvalue weighted by Crippen LogP contribution is 2.21. The van der Waals surface area contributed by atoms with Crippen molar-refractivity contribution in [2.75, 3.05) is 0 Å². The lowest BCUT2D eigenvalue weighted by molar-refractivity contribution is -0.603. The minimum Gasteiger partial charge on any atom is -0.618 e. The number of nitrogens with zero attached hydrogens (tertiary/aromatic N) is 1. The number of hydrogen-bond donors (Lipinski definition) is 1. The van der Waals surface area contributed by atoms with E-state index in [0.29, 0.717) is 10.3 Å². The molecule has 1 amide bonds. The highest BCUT2D eigenvalue weighted by atomic mass is 35.5. The molecule has 0 saturated carbocycles. The third-order valence-corrected chi connectivity index (χ3v) is 3.50. The summed E-state index contributed by atoms with van der Waals surface area (Å²) in [5.41, 5.74) is 0.901. The van der Waals surface area contributed by atoms with Gasteiger partial charge in [0.2, 0.25) is 0 Å². The predicted octanol–water partition coefficient (Wildman–Crippen LogP) is 3.13. The van der Waals surface area contributed by atoms with E-state index in [4.69, 9.17) is 16.3 Å². The van der Waals surface area contributed by atoms with Gasteiger partial charge in [-0.15, -0.1) is 0 Å². The Morgan fingerprint density at radius 1 is 1.32 bits per heavy atom. The lowest BCUT2D eigenvalue weighted by Gasteiger charge is -2.26. The quantitative estimate of drug-likeness (QED) is 0.534. The van der Waals surface area contributed by atoms with E-state index in [1.54, 1.807) is 19.9 Å². The van der Waals surface area contributed by atoms with Crippen LogP contribution >= 0.6 is 11.6 Å². The van der Waals surface area contributed by atoms with Crippen LogP contribution in [0.4, 0.5) is 4.79 Å². The van der Waals surface area contributed by atoms with Gasteiger partial charge in [-0.1, -0.05) is 30.3 Å². The Labute approximate surface area is 134 Å². The number of pyridine rings is 1. The number of halogens is 1. The Balaban J connectivity index is 1.98. The molecule has 0 unspecified atom stereocenters. The molecule has 0 bridgehead atoms. The average Bonchev–Trinajstić information content (AvgIpc) is 2.48. The maximum Gasteiger partial charge on any atom is 0.408 e. The van der Waals surface area contributed by atoms with Crippen LogP contribution in [0.25, 0.3) is 0 Å². The highest BCUT2D eigenvalue weighted by molar-refractivity contribution is 6.28. The maximum absolute atomic E-state index is 11.9. The van der Waals surface area contributed by atoms with Gasteiger partial charge in [0.05, 0.1) is 5.54 Å². The molecule has 2 rings (SSSR count). The number of rotatable bonds is 4. The monoisotopic (exact) mass is 320 g/mol. The Bertz CT molecular complexity index is 660. The Morgan fingerprint density at radius 2 is 2.00 bits per heavy atom. The van der Waals surface area contributed by atoms with Crippen molar-refractivity contribution in [1.82, 2.24) is 5.32 Å². The lowest BCUT2D eigenvalue weighted by atomic mass is 9.96. The molecule has 0 fully saturated rings. The normalized spacial score (nSPS) is 11.0. The summed E-state index contributed by atoms with van der Waals surface area (Å²) in [7, 11) is 0. The molecule has 0 saturated heterocycles. The van der Waals surface area contributed by atoms with Crippen molar-refractivity contribution in [1.29, 1.82) is 0 Å². The van der Waals surface area contributed by atoms with Gasteiger partial charge in [-0.3, -0.25) is 0 Å². The van der Waals surface area contributed by atoms with Crippen molar-refractivity contribution in [2.45, 2.75) is 26.0 Å². The molecule has 0 spiro atoms. The molecule has 6 heteroatoms. The second-order valence-corrected chi connectivity index (χ2v) is 5.76. The van der Waals surface area contributed by atoms with Crippen LogP contribution in [0.5, 0.6) is 0 Å². The van der Waals surface area contributed by atoms with Crippen molar-refractivity contribution in [3.8, 4) is 0 Å². The topological polar surface area (TPSA) is 65.3 Å². The third-order valence-electron chi connectivity index (χ3n) is 3.22. The zero-order chi connectivity index (χ0) is 16.2. The summed E-state index contributed by atoms with van der Waals surface area (Å²) in [6.07, 6.45) is 0.764. The van der Waals surface area contributed by atoms with Gasteiger partial charge < -0.3 is 15.3 Å². The fourth-order valence-corrected chi connectivity index (χ4v) is 2.11. The first-order chi connectivity index (χ1) is 10.4. The summed E-state index contributed by atoms with van der Waals surface area (Å²) in [6, 6.07) is 12.5. The Kier molecular flexibility index (Phi) is 4.88. The number of alkyl carbamates (subject to hydrolysis) is 1. The van der Waals surface area contributed by atoms with Crippen LogP contribution in [0, 0.1) is 5.21 Å². The number of hydrogen-bond acceptors (Lipinski definition) is 3. The average molecular weight is 321 g/mol. The fraction of sp³-hybridized carbons (Fsp3) is 0.250. The molecular weight excluding hydrogens is 304 g/mol. The second-order valence-electron chi connectivity index (χ2n) is 5.38. The Morgan fingerprint density at radius 3 is 2.64 bits per heavy atom. The predicted molar refractivity (Wildman–Crippen MR) is 83.2 cm³/mol. The van der Waals surface area contributed by atoms with E-state index in [9.17, 15) is 10.0 Å². The van der Waals surface area contributed by atoms with Gasteiger partial charge in [0.25, 0.3) is 5.15 Å². The smallest absolute Gasteiger partial charge is 0.408 e. The fourth-order valence-electron chi connectivity index (χ4n) is 1.93. The second kappa shape index (κ2) is 6.66. The van der Waals surface area contributed by atoms with E-state index in [2.05, 4.69) is 5.32 Å². The molecule has 0 radical (unpaired) electrons. The van der Waals surface area contributed by atoms with Gasteiger partial charge in [0.15, 0.2) is 6.20 Å². The van der Waals surface area contributed by atoms with E-state index in [0.717, 1.165) is 5.56 Å². The number of nitrogens with one attached hydrogen (secondary N) is 1. The van der Waals surface area contributed by atoms with Gasteiger partial charge in [-0.05, 0) is 36.6 Å². The highest BCUT2D eigenvalue weighted by Gasteiger charge is 2.25. The van der Waals surface area contributed by atoms with Crippen LogP contribution in [-0.4, -0.2) is 6.09 Å². The van der Waals surface area contributed by atoms with Crippen molar-refractivity contribution in [3.05, 3.63) is 70.1 Å². The van der Waals surface area contributed by atoms with Crippen molar-refractivity contribution in [3.63, 3.8) is 0 Å². The Hall–Kier alpha value is -2.27. The molecule has 0 aliphatic heterocycles. The maximum atomic E-state index is 11.9. The van der Waals surface area contributed by atoms with E-state index in [1.165, 1.54) is 12.3 Å². The van der Waals surface area contributed by atoms with Crippen LogP contribution in [0.2, 0.25) is 5.15 Å². The molecule has 22 heavy (non-hydrogen) atoms. The van der Waals surface area contributed by atoms with Crippen LogP contribution in [0.3, 0.4) is 0 Å². The SMILES string of the molecule is CC(C)(NC(=O)OCc1ccccc1)c1cc[n+]([O-])c(Cl)c1. The minimum atomic E-state index is -0.717. The molecule has 1 aromatic carbocycles. The number of benzene rings is 1. The number of amides is 1. The molecule has 0 atom stereocenters. The zero-order valence-corrected chi connectivity index (χ0v) is 13.1. The first-order valence-electron chi connectivity index (χ1n) is 6.76. The summed E-state index contributed by atoms with van der Waals surface area (Å²) >= 11 is 5.80. The zero-order valence-electron chi connectivity index (χ0n) is 12.4. The number of carbonyl (C=O) groups excluding carboxylic acids is 1. The van der Waals surface area contributed by atoms with E-state index in [1.807, 2.05) is 30.3 Å². The van der Waals surface area contributed by atoms with Crippen molar-refractivity contribution < 1.29 is 14.3 Å². The molecule has 0 aliphatic rings. The largest absolute Gasteiger partial charge is 0.618 e. The van der Waals surface area contributed by atoms with E-state index in [-0.39, 0.29) is 11.8 Å². The van der Waals surface area contributed by atoms with Gasteiger partial charge in [0.1, 0.15) is 6.61 Å². The van der Waals surface area contributed by atoms with Gasteiger partial charge in [-0.2, -0.15) is 4.73 Å². The van der Waals surface area contributed by atoms with E-state index < -0.39 is 11.6 Å². The molecule has 5 nitrogen and oxygen atoms in total. The van der Waals surface area contributed by atoms with Gasteiger partial charge in [0, 0.05) is 12.1 Å². The van der Waals surface area contributed by atoms with Crippen LogP contribution < -0.4 is 10.0 Å². The van der Waals surface area contributed by atoms with Crippen molar-refractivity contribution in [2.24, 2.45) is 0 Å². The van der Waals surface area contributed by atoms with E-state index >= 15 is 0 Å². The summed E-state index contributed by atoms with van der Waals surface area (Å²) < 4.78 is 5.74. The first kappa shape index (κ1) is 16.1. The van der Waals surface area contributed by atoms with Gasteiger partial charge >= 0.3 is 6.09 Å². The summed E-state index contributed by atoms with van der Waals surface area (Å²) in [5, 5.41) is 14.1. The summed E-state index contributed by atoms with van der Waals surface area (Å²) in [4.78, 5) is 11.9. The van der Waals surface area contributed by atoms with Crippen LogP contribution in [-0.2, 0) is 16.9 Å². The molecule has 1 heterocycles. The molecule has 116 valence electrons. The third kappa shape index (κ3) is 4.11. The lowest BCUT2D eigenvalue weighted by Crippen LogP contribution is -2.42. The van der Waals surface area contributed by atoms with Crippen LogP contribution in [0.15, 0.2) is 48.7 Å². The van der Waals surface area contributed by atoms with Crippen molar-refractivity contribution >= 4 is 17.7 Å². The summed E-state index contributed by atoms with van der Waals surface area (Å²) in [6.45, 7) is 3.80. The van der Waals surface area contributed by atoms with Crippen LogP contribution in [0.1, 0.15) is 25.0 Å². The molecule has 1 aromatic heterocycles. The molecule has 0 aliphatic carbocycles. The number of ether oxygens (including phenoxy) is 1. The molecule has 1 N–H and O–H groups in total. The van der Waals surface area contributed by atoms with Gasteiger partial charge in [-0.25, -0.2) is 4.79 Å². The minimum absolute atomic E-state index is 0.0463. The number of carbonyl (C=O) groups is 1. The first-order valence-corrected chi connectivity index (χ1v) is 7.14. The number of aromatic nitrogens is 1.